The average Bonchev–Trinajstić information content (AvgIpc) is 2.29. The summed E-state index contributed by atoms with van der Waals surface area (Å²) in [5.41, 5.74) is 6.10. The van der Waals surface area contributed by atoms with Gasteiger partial charge in [-0.2, -0.15) is 0 Å². The minimum absolute atomic E-state index is 0.100. The summed E-state index contributed by atoms with van der Waals surface area (Å²) >= 11 is 0. The van der Waals surface area contributed by atoms with Crippen molar-refractivity contribution in [3.05, 3.63) is 23.8 Å². The molecule has 1 unspecified atom stereocenters. The third-order valence-corrected chi connectivity index (χ3v) is 2.15. The summed E-state index contributed by atoms with van der Waals surface area (Å²) in [6, 6.07) is 4.35. The Morgan fingerprint density at radius 3 is 2.67 bits per heavy atom. The third-order valence-electron chi connectivity index (χ3n) is 2.15. The molecule has 0 heterocycles. The van der Waals surface area contributed by atoms with Crippen LogP contribution in [-0.2, 0) is 9.53 Å². The fourth-order valence-corrected chi connectivity index (χ4v) is 1.25. The van der Waals surface area contributed by atoms with Gasteiger partial charge in [-0.3, -0.25) is 0 Å². The van der Waals surface area contributed by atoms with Gasteiger partial charge >= 0.3 is 11.9 Å². The number of nitrogen functional groups attached to an aromatic ring is 1. The summed E-state index contributed by atoms with van der Waals surface area (Å²) in [5.74, 6) is -1.61. The van der Waals surface area contributed by atoms with E-state index in [1.807, 2.05) is 0 Å². The molecule has 0 aliphatic rings. The van der Waals surface area contributed by atoms with Crippen molar-refractivity contribution in [3.63, 3.8) is 0 Å². The molecular weight excluding hydrogens is 238 g/mol. The number of nitrogens with two attached hydrogens (primary N) is 1. The Morgan fingerprint density at radius 1 is 1.44 bits per heavy atom. The Bertz CT molecular complexity index is 458. The second kappa shape index (κ2) is 5.90. The molecule has 6 nitrogen and oxygen atoms in total. The zero-order valence-electron chi connectivity index (χ0n) is 10.2. The number of anilines is 1. The molecule has 0 aromatic heterocycles. The van der Waals surface area contributed by atoms with Gasteiger partial charge in [0.15, 0.2) is 6.10 Å². The molecule has 3 N–H and O–H groups in total. The van der Waals surface area contributed by atoms with Crippen molar-refractivity contribution in [1.29, 1.82) is 0 Å². The minimum Gasteiger partial charge on any atom is -0.479 e. The number of aliphatic carboxylic acids is 1. The molecule has 0 aliphatic carbocycles. The number of hydrogen-bond acceptors (Lipinski definition) is 5. The lowest BCUT2D eigenvalue weighted by molar-refractivity contribution is -0.144. The molecule has 0 saturated carbocycles. The molecule has 6 heteroatoms. The van der Waals surface area contributed by atoms with E-state index in [4.69, 9.17) is 20.3 Å². The summed E-state index contributed by atoms with van der Waals surface area (Å²) in [6.07, 6.45) is -1.08. The van der Waals surface area contributed by atoms with Gasteiger partial charge in [-0.25, -0.2) is 9.59 Å². The smallest absolute Gasteiger partial charge is 0.344 e. The van der Waals surface area contributed by atoms with Crippen LogP contribution in [0.25, 0.3) is 0 Å². The molecule has 18 heavy (non-hydrogen) atoms. The second-order valence-corrected chi connectivity index (χ2v) is 3.57. The van der Waals surface area contributed by atoms with Crippen LogP contribution in [0.5, 0.6) is 5.75 Å². The molecule has 1 aromatic rings. The van der Waals surface area contributed by atoms with Crippen LogP contribution in [0, 0.1) is 0 Å². The molecule has 0 spiro atoms. The normalized spacial score (nSPS) is 11.7. The van der Waals surface area contributed by atoms with Crippen molar-refractivity contribution in [2.45, 2.75) is 20.0 Å². The number of rotatable bonds is 5. The Kier molecular flexibility index (Phi) is 4.53. The van der Waals surface area contributed by atoms with Crippen LogP contribution in [0.1, 0.15) is 24.2 Å². The van der Waals surface area contributed by atoms with Crippen molar-refractivity contribution in [2.24, 2.45) is 0 Å². The second-order valence-electron chi connectivity index (χ2n) is 3.57. The van der Waals surface area contributed by atoms with Crippen LogP contribution in [0.3, 0.4) is 0 Å². The summed E-state index contributed by atoms with van der Waals surface area (Å²) in [4.78, 5) is 22.4. The molecular formula is C12H15NO5. The van der Waals surface area contributed by atoms with E-state index in [0.29, 0.717) is 5.69 Å². The lowest BCUT2D eigenvalue weighted by atomic mass is 10.2. The van der Waals surface area contributed by atoms with Gasteiger partial charge in [-0.05, 0) is 26.0 Å². The predicted octanol–water partition coefficient (Wildman–Crippen LogP) is 1.30. The molecule has 0 saturated heterocycles. The molecule has 0 fully saturated rings. The lowest BCUT2D eigenvalue weighted by Gasteiger charge is -2.14. The number of hydrogen-bond donors (Lipinski definition) is 2. The van der Waals surface area contributed by atoms with Crippen molar-refractivity contribution in [2.75, 3.05) is 12.3 Å². The zero-order chi connectivity index (χ0) is 13.7. The van der Waals surface area contributed by atoms with Crippen molar-refractivity contribution < 1.29 is 24.2 Å². The van der Waals surface area contributed by atoms with Gasteiger partial charge in [-0.1, -0.05) is 0 Å². The highest BCUT2D eigenvalue weighted by Crippen LogP contribution is 2.24. The fourth-order valence-electron chi connectivity index (χ4n) is 1.25. The summed E-state index contributed by atoms with van der Waals surface area (Å²) in [5, 5.41) is 8.77. The van der Waals surface area contributed by atoms with Crippen molar-refractivity contribution >= 4 is 17.6 Å². The highest BCUT2D eigenvalue weighted by Gasteiger charge is 2.19. The van der Waals surface area contributed by atoms with E-state index in [9.17, 15) is 9.59 Å². The van der Waals surface area contributed by atoms with E-state index in [2.05, 4.69) is 0 Å². The van der Waals surface area contributed by atoms with Crippen LogP contribution < -0.4 is 10.5 Å². The SMILES string of the molecule is CCOC(=O)c1ccc(N)cc1OC(C)C(=O)O. The van der Waals surface area contributed by atoms with E-state index >= 15 is 0 Å². The molecule has 98 valence electrons. The first-order valence-corrected chi connectivity index (χ1v) is 5.41. The van der Waals surface area contributed by atoms with E-state index in [1.54, 1.807) is 6.92 Å². The first-order chi connectivity index (χ1) is 8.45. The van der Waals surface area contributed by atoms with E-state index < -0.39 is 18.0 Å². The monoisotopic (exact) mass is 253 g/mol. The fraction of sp³-hybridized carbons (Fsp3) is 0.333. The van der Waals surface area contributed by atoms with Gasteiger partial charge in [0.25, 0.3) is 0 Å². The van der Waals surface area contributed by atoms with Gasteiger partial charge < -0.3 is 20.3 Å². The lowest BCUT2D eigenvalue weighted by Crippen LogP contribution is -2.24. The molecule has 1 atom stereocenters. The number of carboxylic acids is 1. The maximum absolute atomic E-state index is 11.6. The molecule has 0 aliphatic heterocycles. The van der Waals surface area contributed by atoms with Gasteiger partial charge in [-0.15, -0.1) is 0 Å². The average molecular weight is 253 g/mol. The molecule has 0 radical (unpaired) electrons. The van der Waals surface area contributed by atoms with Gasteiger partial charge in [0.05, 0.1) is 6.61 Å². The number of benzene rings is 1. The highest BCUT2D eigenvalue weighted by atomic mass is 16.5. The molecule has 1 rings (SSSR count). The van der Waals surface area contributed by atoms with Gasteiger partial charge in [0.1, 0.15) is 11.3 Å². The van der Waals surface area contributed by atoms with Crippen LogP contribution in [-0.4, -0.2) is 29.8 Å². The quantitative estimate of drug-likeness (QED) is 0.606. The summed E-state index contributed by atoms with van der Waals surface area (Å²) in [6.45, 7) is 3.26. The Hall–Kier alpha value is -2.24. The summed E-state index contributed by atoms with van der Waals surface area (Å²) in [7, 11) is 0. The summed E-state index contributed by atoms with van der Waals surface area (Å²) < 4.78 is 10.0. The van der Waals surface area contributed by atoms with E-state index in [-0.39, 0.29) is 17.9 Å². The molecule has 0 bridgehead atoms. The number of carboxylic acid groups (broad SMARTS) is 1. The largest absolute Gasteiger partial charge is 0.479 e. The van der Waals surface area contributed by atoms with Crippen molar-refractivity contribution in [1.82, 2.24) is 0 Å². The number of ether oxygens (including phenoxy) is 2. The number of carbonyl (C=O) groups excluding carboxylic acids is 1. The van der Waals surface area contributed by atoms with Crippen LogP contribution >= 0.6 is 0 Å². The first kappa shape index (κ1) is 13.8. The topological polar surface area (TPSA) is 98.9 Å². The van der Waals surface area contributed by atoms with Gasteiger partial charge in [0.2, 0.25) is 0 Å². The van der Waals surface area contributed by atoms with Crippen molar-refractivity contribution in [3.8, 4) is 5.75 Å². The Labute approximate surface area is 104 Å². The van der Waals surface area contributed by atoms with E-state index in [1.165, 1.54) is 25.1 Å². The minimum atomic E-state index is -1.13. The maximum Gasteiger partial charge on any atom is 0.344 e. The number of esters is 1. The number of carbonyl (C=O) groups is 2. The maximum atomic E-state index is 11.6. The third kappa shape index (κ3) is 3.38. The van der Waals surface area contributed by atoms with Crippen LogP contribution in [0.15, 0.2) is 18.2 Å². The Balaban J connectivity index is 3.03. The highest BCUT2D eigenvalue weighted by molar-refractivity contribution is 5.93. The van der Waals surface area contributed by atoms with Crippen LogP contribution in [0.4, 0.5) is 5.69 Å². The van der Waals surface area contributed by atoms with Crippen LogP contribution in [0.2, 0.25) is 0 Å². The van der Waals surface area contributed by atoms with E-state index in [0.717, 1.165) is 0 Å². The Morgan fingerprint density at radius 2 is 2.11 bits per heavy atom. The zero-order valence-corrected chi connectivity index (χ0v) is 10.2. The van der Waals surface area contributed by atoms with Gasteiger partial charge in [0, 0.05) is 11.8 Å². The predicted molar refractivity (Wildman–Crippen MR) is 64.5 cm³/mol. The first-order valence-electron chi connectivity index (χ1n) is 5.41. The molecule has 0 amide bonds. The standard InChI is InChI=1S/C12H15NO5/c1-3-17-12(16)9-5-4-8(13)6-10(9)18-7(2)11(14)15/h4-7H,3,13H2,1-2H3,(H,14,15). The molecule has 1 aromatic carbocycles.